The predicted octanol–water partition coefficient (Wildman–Crippen LogP) is 3.33. The average molecular weight is 602 g/mol. The Kier molecular flexibility index (Phi) is 7.53. The zero-order valence-electron chi connectivity index (χ0n) is 24.9. The summed E-state index contributed by atoms with van der Waals surface area (Å²) in [6.07, 6.45) is 5.43. The molecule has 7 N–H and O–H groups in total. The van der Waals surface area contributed by atoms with Crippen LogP contribution < -0.4 is 11.1 Å². The summed E-state index contributed by atoms with van der Waals surface area (Å²) >= 11 is 0. The Labute approximate surface area is 255 Å². The third-order valence-electron chi connectivity index (χ3n) is 10.2. The van der Waals surface area contributed by atoms with Crippen LogP contribution in [0.2, 0.25) is 0 Å². The van der Waals surface area contributed by atoms with Crippen LogP contribution in [0.1, 0.15) is 53.6 Å². The van der Waals surface area contributed by atoms with E-state index in [0.29, 0.717) is 11.5 Å². The second-order valence-corrected chi connectivity index (χ2v) is 13.0. The molecule has 10 nitrogen and oxygen atoms in total. The molecular formula is C34H39N3O7. The summed E-state index contributed by atoms with van der Waals surface area (Å²) in [6.45, 7) is 0. The van der Waals surface area contributed by atoms with Gasteiger partial charge < -0.3 is 31.5 Å². The molecule has 4 atom stereocenters. The van der Waals surface area contributed by atoms with Crippen molar-refractivity contribution in [3.8, 4) is 5.75 Å². The number of anilines is 1. The smallest absolute Gasteiger partial charge is 0.255 e. The van der Waals surface area contributed by atoms with Crippen molar-refractivity contribution in [2.75, 3.05) is 19.4 Å². The Morgan fingerprint density at radius 2 is 1.70 bits per heavy atom. The topological polar surface area (TPSA) is 173 Å². The van der Waals surface area contributed by atoms with E-state index in [4.69, 9.17) is 5.73 Å². The number of nitrogens with zero attached hydrogens (tertiary/aromatic N) is 1. The van der Waals surface area contributed by atoms with Crippen LogP contribution in [0.3, 0.4) is 0 Å². The minimum absolute atomic E-state index is 0.0218. The van der Waals surface area contributed by atoms with E-state index in [2.05, 4.69) is 29.6 Å². The average Bonchev–Trinajstić information content (AvgIpc) is 2.97. The van der Waals surface area contributed by atoms with Crippen LogP contribution in [-0.4, -0.2) is 74.6 Å². The van der Waals surface area contributed by atoms with Gasteiger partial charge in [0.05, 0.1) is 11.6 Å². The van der Waals surface area contributed by atoms with E-state index in [9.17, 15) is 34.8 Å². The summed E-state index contributed by atoms with van der Waals surface area (Å²) in [5.41, 5.74) is 4.51. The van der Waals surface area contributed by atoms with Crippen LogP contribution in [0.25, 0.3) is 0 Å². The molecule has 0 bridgehead atoms. The summed E-state index contributed by atoms with van der Waals surface area (Å²) in [7, 11) is 3.23. The van der Waals surface area contributed by atoms with Gasteiger partial charge in [0.25, 0.3) is 5.91 Å². The number of allylic oxidation sites excluding steroid dienone is 1. The Balaban J connectivity index is 1.30. The van der Waals surface area contributed by atoms with E-state index < -0.39 is 58.0 Å². The van der Waals surface area contributed by atoms with E-state index in [-0.39, 0.29) is 35.8 Å². The number of primary amides is 1. The summed E-state index contributed by atoms with van der Waals surface area (Å²) in [5, 5.41) is 48.7. The number of nitrogens with two attached hydrogens (primary N) is 1. The van der Waals surface area contributed by atoms with Gasteiger partial charge in [-0.2, -0.15) is 0 Å². The van der Waals surface area contributed by atoms with Crippen molar-refractivity contribution < 1.29 is 34.8 Å². The first-order valence-corrected chi connectivity index (χ1v) is 15.2. The molecular weight excluding hydrogens is 562 g/mol. The fraction of sp³-hybridized carbons (Fsp3) is 0.441. The molecule has 1 saturated carbocycles. The number of aliphatic hydroxyl groups excluding tert-OH is 2. The molecule has 1 fully saturated rings. The number of phenolic OH excluding ortho intramolecular Hbond substituents is 1. The molecule has 0 heterocycles. The van der Waals surface area contributed by atoms with Crippen LogP contribution in [0.4, 0.5) is 5.69 Å². The van der Waals surface area contributed by atoms with Crippen molar-refractivity contribution in [3.05, 3.63) is 81.8 Å². The zero-order chi connectivity index (χ0) is 31.5. The lowest BCUT2D eigenvalue weighted by Crippen LogP contribution is -2.63. The first-order valence-electron chi connectivity index (χ1n) is 15.2. The Morgan fingerprint density at radius 3 is 2.34 bits per heavy atom. The van der Waals surface area contributed by atoms with Crippen LogP contribution >= 0.6 is 0 Å². The highest BCUT2D eigenvalue weighted by atomic mass is 16.3. The molecule has 0 aliphatic heterocycles. The number of phenols is 1. The molecule has 0 unspecified atom stereocenters. The molecule has 0 aromatic heterocycles. The second kappa shape index (κ2) is 11.1. The highest BCUT2D eigenvalue weighted by molar-refractivity contribution is 6.24. The van der Waals surface area contributed by atoms with E-state index in [1.165, 1.54) is 11.6 Å². The lowest BCUT2D eigenvalue weighted by molar-refractivity contribution is -0.148. The molecule has 2 aromatic rings. The standard InChI is InChI=1S/C34H39N3O7/c1-37(2)28-22-16-19-15-21-23(36-20-10-8-18(9-11-20)14-17-6-4-3-5-7-17)12-13-24(38)26(21)29(39)25(19)31(41)34(22,44)32(42)27(30(28)40)33(35)43/h3-7,12-13,18-20,22,28,36,38,40-41,44H,8-11,14-16H2,1-2H3,(H2,35,43)/t18?,19-,20?,22-,28-,34-/m0/s1. The first-order chi connectivity index (χ1) is 20.9. The van der Waals surface area contributed by atoms with Gasteiger partial charge in [-0.3, -0.25) is 19.3 Å². The quantitative estimate of drug-likeness (QED) is 0.214. The van der Waals surface area contributed by atoms with Crippen LogP contribution in [0, 0.1) is 17.8 Å². The summed E-state index contributed by atoms with van der Waals surface area (Å²) in [5.74, 6) is -5.91. The molecule has 4 aliphatic carbocycles. The number of hydrogen-bond acceptors (Lipinski definition) is 9. The number of ketones is 2. The fourth-order valence-corrected chi connectivity index (χ4v) is 8.06. The highest BCUT2D eigenvalue weighted by Crippen LogP contribution is 2.53. The Hall–Kier alpha value is -4.15. The minimum atomic E-state index is -2.64. The fourth-order valence-electron chi connectivity index (χ4n) is 8.06. The Morgan fingerprint density at radius 1 is 1.02 bits per heavy atom. The number of rotatable bonds is 6. The van der Waals surface area contributed by atoms with E-state index >= 15 is 0 Å². The number of benzene rings is 2. The van der Waals surface area contributed by atoms with Crippen LogP contribution in [-0.2, 0) is 22.4 Å². The number of likely N-dealkylation sites (N-methyl/N-ethyl adjacent to an activating group) is 1. The summed E-state index contributed by atoms with van der Waals surface area (Å²) in [6, 6.07) is 12.9. The van der Waals surface area contributed by atoms with Gasteiger partial charge in [0.2, 0.25) is 5.78 Å². The van der Waals surface area contributed by atoms with Crippen molar-refractivity contribution in [3.63, 3.8) is 0 Å². The van der Waals surface area contributed by atoms with Crippen molar-refractivity contribution in [2.45, 2.75) is 62.6 Å². The van der Waals surface area contributed by atoms with E-state index in [1.54, 1.807) is 25.1 Å². The third-order valence-corrected chi connectivity index (χ3v) is 10.2. The van der Waals surface area contributed by atoms with Crippen molar-refractivity contribution in [1.29, 1.82) is 0 Å². The van der Waals surface area contributed by atoms with Crippen molar-refractivity contribution in [1.82, 2.24) is 4.90 Å². The third kappa shape index (κ3) is 4.68. The van der Waals surface area contributed by atoms with Crippen molar-refractivity contribution >= 4 is 23.2 Å². The number of aromatic hydroxyl groups is 1. The molecule has 4 aliphatic rings. The number of amides is 1. The summed E-state index contributed by atoms with van der Waals surface area (Å²) < 4.78 is 0. The van der Waals surface area contributed by atoms with Gasteiger partial charge in [0.1, 0.15) is 22.8 Å². The first kappa shape index (κ1) is 29.9. The number of aliphatic hydroxyl groups is 3. The number of Topliss-reactive ketones (excluding diaryl/α,β-unsaturated/α-hetero) is 2. The zero-order valence-corrected chi connectivity index (χ0v) is 24.9. The second-order valence-electron chi connectivity index (χ2n) is 13.0. The molecule has 0 spiro atoms. The van der Waals surface area contributed by atoms with Gasteiger partial charge >= 0.3 is 0 Å². The SMILES string of the molecule is CN(C)[C@@H]1C(O)=C(C(N)=O)C(=O)[C@@]2(O)C(O)=C3C(=O)c4c(O)ccc(NC5CCC(Cc6ccccc6)CC5)c4C[C@H]3C[C@@H]12. The number of hydrogen-bond donors (Lipinski definition) is 6. The number of fused-ring (bicyclic) bond motifs is 3. The molecule has 1 amide bonds. The maximum absolute atomic E-state index is 14.0. The number of nitrogens with one attached hydrogen (secondary N) is 1. The summed E-state index contributed by atoms with van der Waals surface area (Å²) in [4.78, 5) is 41.1. The Bertz CT molecular complexity index is 1590. The molecule has 2 aromatic carbocycles. The molecule has 44 heavy (non-hydrogen) atoms. The van der Waals surface area contributed by atoms with Gasteiger partial charge in [-0.05, 0) is 94.1 Å². The van der Waals surface area contributed by atoms with E-state index in [1.807, 2.05) is 6.07 Å². The largest absolute Gasteiger partial charge is 0.510 e. The lowest BCUT2D eigenvalue weighted by Gasteiger charge is -2.50. The van der Waals surface area contributed by atoms with Gasteiger partial charge in [0, 0.05) is 23.2 Å². The number of carbonyl (C=O) groups is 3. The maximum Gasteiger partial charge on any atom is 0.255 e. The minimum Gasteiger partial charge on any atom is -0.510 e. The van der Waals surface area contributed by atoms with Gasteiger partial charge in [-0.1, -0.05) is 30.3 Å². The molecule has 0 radical (unpaired) electrons. The van der Waals surface area contributed by atoms with E-state index in [0.717, 1.165) is 37.8 Å². The molecule has 232 valence electrons. The maximum atomic E-state index is 14.0. The lowest BCUT2D eigenvalue weighted by atomic mass is 9.58. The predicted molar refractivity (Wildman–Crippen MR) is 163 cm³/mol. The molecule has 6 rings (SSSR count). The monoisotopic (exact) mass is 601 g/mol. The van der Waals surface area contributed by atoms with Crippen LogP contribution in [0.15, 0.2) is 65.1 Å². The van der Waals surface area contributed by atoms with Gasteiger partial charge in [-0.25, -0.2) is 0 Å². The van der Waals surface area contributed by atoms with Crippen molar-refractivity contribution in [2.24, 2.45) is 23.5 Å². The molecule has 0 saturated heterocycles. The van der Waals surface area contributed by atoms with Crippen LogP contribution in [0.5, 0.6) is 5.75 Å². The molecule has 10 heteroatoms. The van der Waals surface area contributed by atoms with Gasteiger partial charge in [-0.15, -0.1) is 0 Å². The highest BCUT2D eigenvalue weighted by Gasteiger charge is 2.63. The van der Waals surface area contributed by atoms with Gasteiger partial charge in [0.15, 0.2) is 11.4 Å². The normalized spacial score (nSPS) is 30.1. The number of carbonyl (C=O) groups excluding carboxylic acids is 3.